The molecule has 0 saturated carbocycles. The van der Waals surface area contributed by atoms with Gasteiger partial charge in [0.05, 0.1) is 28.0 Å². The summed E-state index contributed by atoms with van der Waals surface area (Å²) in [7, 11) is 0. The van der Waals surface area contributed by atoms with Crippen molar-refractivity contribution in [2.24, 2.45) is 5.92 Å². The van der Waals surface area contributed by atoms with Gasteiger partial charge in [0.1, 0.15) is 0 Å². The number of nitrogens with one attached hydrogen (secondary N) is 2. The molecule has 1 aliphatic heterocycles. The van der Waals surface area contributed by atoms with E-state index in [0.29, 0.717) is 28.6 Å². The molecule has 0 aliphatic carbocycles. The van der Waals surface area contributed by atoms with E-state index in [1.165, 1.54) is 6.07 Å². The van der Waals surface area contributed by atoms with Crippen LogP contribution < -0.4 is 10.6 Å². The standard InChI is InChI=1S/C29H25F6N3/c30-28(31,32)20-9-10-21(23(16-20)29(33,34)35)26-17-27(22-6-2-4-8-25(22)38-26)37-24-7-3-1-5-19(24)15-18-11-13-36-14-12-18/h1-10,16-18,36H,11-15H2,(H,37,38). The third kappa shape index (κ3) is 5.62. The number of hydrogen-bond donors (Lipinski definition) is 2. The van der Waals surface area contributed by atoms with E-state index < -0.39 is 29.0 Å². The number of alkyl halides is 6. The zero-order valence-corrected chi connectivity index (χ0v) is 20.3. The summed E-state index contributed by atoms with van der Waals surface area (Å²) in [6.45, 7) is 1.93. The quantitative estimate of drug-likeness (QED) is 0.256. The Kier molecular flexibility index (Phi) is 7.05. The van der Waals surface area contributed by atoms with Crippen molar-refractivity contribution in [2.75, 3.05) is 18.4 Å². The minimum Gasteiger partial charge on any atom is -0.355 e. The van der Waals surface area contributed by atoms with Crippen molar-refractivity contribution in [3.63, 3.8) is 0 Å². The predicted octanol–water partition coefficient (Wildman–Crippen LogP) is 8.23. The summed E-state index contributed by atoms with van der Waals surface area (Å²) in [5.41, 5.74) is -0.353. The van der Waals surface area contributed by atoms with Crippen LogP contribution in [0.2, 0.25) is 0 Å². The Morgan fingerprint density at radius 1 is 0.789 bits per heavy atom. The van der Waals surface area contributed by atoms with Crippen LogP contribution >= 0.6 is 0 Å². The van der Waals surface area contributed by atoms with Crippen LogP contribution in [0.5, 0.6) is 0 Å². The molecule has 0 spiro atoms. The Morgan fingerprint density at radius 3 is 2.24 bits per heavy atom. The normalized spacial score (nSPS) is 15.1. The van der Waals surface area contributed by atoms with E-state index in [4.69, 9.17) is 0 Å². The molecular formula is C29H25F6N3. The number of benzene rings is 3. The second-order valence-corrected chi connectivity index (χ2v) is 9.51. The molecule has 1 aliphatic rings. The third-order valence-electron chi connectivity index (χ3n) is 6.90. The highest BCUT2D eigenvalue weighted by Gasteiger charge is 2.38. The molecule has 1 fully saturated rings. The molecule has 198 valence electrons. The fourth-order valence-electron chi connectivity index (χ4n) is 4.96. The van der Waals surface area contributed by atoms with Gasteiger partial charge in [-0.1, -0.05) is 42.5 Å². The van der Waals surface area contributed by atoms with Gasteiger partial charge in [-0.2, -0.15) is 26.3 Å². The Balaban J connectivity index is 1.60. The number of anilines is 2. The molecule has 1 saturated heterocycles. The molecule has 5 rings (SSSR count). The third-order valence-corrected chi connectivity index (χ3v) is 6.90. The number of pyridine rings is 1. The predicted molar refractivity (Wildman–Crippen MR) is 136 cm³/mol. The number of para-hydroxylation sites is 2. The fourth-order valence-corrected chi connectivity index (χ4v) is 4.96. The second-order valence-electron chi connectivity index (χ2n) is 9.51. The lowest BCUT2D eigenvalue weighted by Gasteiger charge is -2.24. The molecule has 1 aromatic heterocycles. The molecule has 0 radical (unpaired) electrons. The smallest absolute Gasteiger partial charge is 0.355 e. The van der Waals surface area contributed by atoms with Crippen molar-refractivity contribution in [3.8, 4) is 11.3 Å². The summed E-state index contributed by atoms with van der Waals surface area (Å²) in [6.07, 6.45) is -6.92. The van der Waals surface area contributed by atoms with E-state index >= 15 is 0 Å². The van der Waals surface area contributed by atoms with Gasteiger partial charge < -0.3 is 10.6 Å². The Bertz CT molecular complexity index is 1440. The lowest BCUT2D eigenvalue weighted by molar-refractivity contribution is -0.142. The van der Waals surface area contributed by atoms with E-state index in [2.05, 4.69) is 15.6 Å². The highest BCUT2D eigenvalue weighted by molar-refractivity contribution is 5.95. The molecule has 3 aromatic carbocycles. The largest absolute Gasteiger partial charge is 0.417 e. The lowest BCUT2D eigenvalue weighted by atomic mass is 9.90. The van der Waals surface area contributed by atoms with Crippen molar-refractivity contribution in [1.82, 2.24) is 10.3 Å². The van der Waals surface area contributed by atoms with Gasteiger partial charge in [-0.15, -0.1) is 0 Å². The minimum absolute atomic E-state index is 0.0666. The summed E-state index contributed by atoms with van der Waals surface area (Å²) in [4.78, 5) is 4.40. The number of halogens is 6. The van der Waals surface area contributed by atoms with E-state index in [-0.39, 0.29) is 11.8 Å². The van der Waals surface area contributed by atoms with Crippen molar-refractivity contribution in [2.45, 2.75) is 31.6 Å². The fraction of sp³-hybridized carbons (Fsp3) is 0.276. The van der Waals surface area contributed by atoms with Gasteiger partial charge in [-0.25, -0.2) is 4.98 Å². The van der Waals surface area contributed by atoms with Crippen LogP contribution in [0.1, 0.15) is 29.5 Å². The van der Waals surface area contributed by atoms with Crippen molar-refractivity contribution < 1.29 is 26.3 Å². The highest BCUT2D eigenvalue weighted by atomic mass is 19.4. The molecule has 3 nitrogen and oxygen atoms in total. The van der Waals surface area contributed by atoms with Gasteiger partial charge in [0.2, 0.25) is 0 Å². The molecule has 0 unspecified atom stereocenters. The molecular weight excluding hydrogens is 504 g/mol. The summed E-state index contributed by atoms with van der Waals surface area (Å²) >= 11 is 0. The van der Waals surface area contributed by atoms with Crippen LogP contribution in [0, 0.1) is 5.92 Å². The molecule has 0 bridgehead atoms. The van der Waals surface area contributed by atoms with E-state index in [0.717, 1.165) is 49.7 Å². The summed E-state index contributed by atoms with van der Waals surface area (Å²) in [6, 6.07) is 17.9. The van der Waals surface area contributed by atoms with Crippen molar-refractivity contribution >= 4 is 22.3 Å². The minimum atomic E-state index is -5.00. The van der Waals surface area contributed by atoms with E-state index in [1.807, 2.05) is 24.3 Å². The monoisotopic (exact) mass is 529 g/mol. The number of nitrogens with zero attached hydrogens (tertiary/aromatic N) is 1. The maximum Gasteiger partial charge on any atom is 0.417 e. The zero-order valence-electron chi connectivity index (χ0n) is 20.3. The van der Waals surface area contributed by atoms with Crippen LogP contribution in [0.25, 0.3) is 22.2 Å². The summed E-state index contributed by atoms with van der Waals surface area (Å²) < 4.78 is 81.4. The van der Waals surface area contributed by atoms with Crippen LogP contribution in [0.3, 0.4) is 0 Å². The van der Waals surface area contributed by atoms with Gasteiger partial charge in [0.25, 0.3) is 0 Å². The number of rotatable bonds is 5. The van der Waals surface area contributed by atoms with E-state index in [1.54, 1.807) is 24.3 Å². The van der Waals surface area contributed by atoms with Crippen molar-refractivity contribution in [1.29, 1.82) is 0 Å². The van der Waals surface area contributed by atoms with Gasteiger partial charge >= 0.3 is 12.4 Å². The molecule has 2 N–H and O–H groups in total. The average Bonchev–Trinajstić information content (AvgIpc) is 2.89. The van der Waals surface area contributed by atoms with Gasteiger partial charge in [0, 0.05) is 16.6 Å². The first-order chi connectivity index (χ1) is 18.1. The van der Waals surface area contributed by atoms with Gasteiger partial charge in [-0.05, 0) is 74.2 Å². The molecule has 0 atom stereocenters. The number of hydrogen-bond acceptors (Lipinski definition) is 3. The second kappa shape index (κ2) is 10.3. The van der Waals surface area contributed by atoms with E-state index in [9.17, 15) is 26.3 Å². The summed E-state index contributed by atoms with van der Waals surface area (Å²) in [5.74, 6) is 0.519. The zero-order chi connectivity index (χ0) is 26.9. The van der Waals surface area contributed by atoms with Crippen LogP contribution in [-0.2, 0) is 18.8 Å². The number of aromatic nitrogens is 1. The van der Waals surface area contributed by atoms with Gasteiger partial charge in [-0.3, -0.25) is 0 Å². The average molecular weight is 530 g/mol. The number of fused-ring (bicyclic) bond motifs is 1. The van der Waals surface area contributed by atoms with Crippen LogP contribution in [-0.4, -0.2) is 18.1 Å². The summed E-state index contributed by atoms with van der Waals surface area (Å²) in [5, 5.41) is 7.44. The SMILES string of the molecule is FC(F)(F)c1ccc(-c2cc(Nc3ccccc3CC3CCNCC3)c3ccccc3n2)c(C(F)(F)F)c1. The maximum atomic E-state index is 13.9. The van der Waals surface area contributed by atoms with Gasteiger partial charge in [0.15, 0.2) is 0 Å². The van der Waals surface area contributed by atoms with Crippen molar-refractivity contribution in [3.05, 3.63) is 89.5 Å². The Labute approximate surface area is 215 Å². The van der Waals surface area contributed by atoms with Crippen LogP contribution in [0.4, 0.5) is 37.7 Å². The Hall–Kier alpha value is -3.59. The van der Waals surface area contributed by atoms with Crippen LogP contribution in [0.15, 0.2) is 72.8 Å². The molecule has 38 heavy (non-hydrogen) atoms. The molecule has 4 aromatic rings. The first-order valence-corrected chi connectivity index (χ1v) is 12.3. The maximum absolute atomic E-state index is 13.9. The Morgan fingerprint density at radius 2 is 1.50 bits per heavy atom. The first-order valence-electron chi connectivity index (χ1n) is 12.3. The molecule has 9 heteroatoms. The topological polar surface area (TPSA) is 37.0 Å². The number of piperidine rings is 1. The molecule has 2 heterocycles. The first kappa shape index (κ1) is 26.0. The molecule has 0 amide bonds. The lowest BCUT2D eigenvalue weighted by Crippen LogP contribution is -2.28. The highest BCUT2D eigenvalue weighted by Crippen LogP contribution is 2.42.